The van der Waals surface area contributed by atoms with Gasteiger partial charge in [-0.3, -0.25) is 19.3 Å². The van der Waals surface area contributed by atoms with Crippen molar-refractivity contribution in [1.82, 2.24) is 9.80 Å². The lowest BCUT2D eigenvalue weighted by Gasteiger charge is -2.27. The molecule has 34 heavy (non-hydrogen) atoms. The average Bonchev–Trinajstić information content (AvgIpc) is 3.25. The number of carbonyl (C=O) groups is 3. The van der Waals surface area contributed by atoms with Gasteiger partial charge in [0.25, 0.3) is 11.8 Å². The number of nitrogens with one attached hydrogen (secondary N) is 1. The quantitative estimate of drug-likeness (QED) is 0.483. The summed E-state index contributed by atoms with van der Waals surface area (Å²) in [6, 6.07) is 3.68. The van der Waals surface area contributed by atoms with Gasteiger partial charge in [0.2, 0.25) is 5.91 Å². The summed E-state index contributed by atoms with van der Waals surface area (Å²) in [5, 5.41) is 4.43. The Bertz CT molecular complexity index is 1220. The Hall–Kier alpha value is -2.96. The molecule has 1 aliphatic rings. The van der Waals surface area contributed by atoms with Crippen LogP contribution in [-0.2, 0) is 14.6 Å². The van der Waals surface area contributed by atoms with Crippen molar-refractivity contribution in [1.29, 1.82) is 0 Å². The molecule has 1 aromatic carbocycles. The molecule has 1 N–H and O–H groups in total. The molecule has 1 aliphatic heterocycles. The lowest BCUT2D eigenvalue weighted by atomic mass is 10.1. The van der Waals surface area contributed by atoms with Crippen LogP contribution in [0.1, 0.15) is 39.2 Å². The first kappa shape index (κ1) is 25.7. The summed E-state index contributed by atoms with van der Waals surface area (Å²) in [5.41, 5.74) is 0.606. The van der Waals surface area contributed by atoms with Crippen LogP contribution in [0.25, 0.3) is 0 Å². The van der Waals surface area contributed by atoms with Gasteiger partial charge in [-0.25, -0.2) is 8.42 Å². The summed E-state index contributed by atoms with van der Waals surface area (Å²) in [5.74, 6) is -1.29. The number of nitrogens with zero attached hydrogens (tertiary/aromatic N) is 2. The smallest absolute Gasteiger partial charge is 0.265 e. The molecule has 3 amide bonds. The minimum atomic E-state index is -3.60. The van der Waals surface area contributed by atoms with E-state index in [1.165, 1.54) is 12.5 Å². The number of fused-ring (bicyclic) bond motifs is 1. The van der Waals surface area contributed by atoms with Crippen LogP contribution in [0.4, 0.5) is 5.00 Å². The number of likely N-dealkylation sites (N-methyl/N-ethyl adjacent to an activating group) is 1. The molecule has 1 atom stereocenters. The van der Waals surface area contributed by atoms with E-state index in [0.29, 0.717) is 23.7 Å². The molecule has 0 radical (unpaired) electrons. The zero-order valence-electron chi connectivity index (χ0n) is 19.6. The van der Waals surface area contributed by atoms with Gasteiger partial charge in [-0.15, -0.1) is 11.3 Å². The molecule has 1 aromatic heterocycles. The van der Waals surface area contributed by atoms with E-state index in [1.54, 1.807) is 44.1 Å². The number of benzene rings is 1. The monoisotopic (exact) mass is 509 g/mol. The second-order valence-electron chi connectivity index (χ2n) is 8.07. The Morgan fingerprint density at radius 1 is 1.21 bits per heavy atom. The number of hydrogen-bond acceptors (Lipinski definition) is 9. The van der Waals surface area contributed by atoms with E-state index in [2.05, 4.69) is 5.32 Å². The third kappa shape index (κ3) is 5.40. The molecule has 184 valence electrons. The topological polar surface area (TPSA) is 122 Å². The number of hydrogen-bond donors (Lipinski definition) is 1. The summed E-state index contributed by atoms with van der Waals surface area (Å²) in [7, 11) is 1.34. The number of anilines is 1. The van der Waals surface area contributed by atoms with Gasteiger partial charge in [-0.1, -0.05) is 6.07 Å². The Morgan fingerprint density at radius 2 is 1.91 bits per heavy atom. The molecule has 2 heterocycles. The summed E-state index contributed by atoms with van der Waals surface area (Å²) in [6.45, 7) is 2.23. The Kier molecular flexibility index (Phi) is 7.64. The van der Waals surface area contributed by atoms with Gasteiger partial charge in [0, 0.05) is 11.6 Å². The number of imide groups is 1. The summed E-state index contributed by atoms with van der Waals surface area (Å²) < 4.78 is 35.4. The van der Waals surface area contributed by atoms with Crippen molar-refractivity contribution in [3.63, 3.8) is 0 Å². The van der Waals surface area contributed by atoms with Gasteiger partial charge in [0.05, 0.1) is 43.2 Å². The molecule has 0 bridgehead atoms. The SMILES string of the molecule is CCOc1cc(C(CS(C)(=O)=O)N2C(=O)c3csc(NC(=O)CN(C)C)c3C2=O)ccc1OC. The molecule has 12 heteroatoms. The van der Waals surface area contributed by atoms with E-state index in [-0.39, 0.29) is 28.6 Å². The third-order valence-corrected chi connectivity index (χ3v) is 6.85. The normalized spacial score (nSPS) is 14.4. The number of carbonyl (C=O) groups excluding carboxylic acids is 3. The van der Waals surface area contributed by atoms with Crippen LogP contribution < -0.4 is 14.8 Å². The van der Waals surface area contributed by atoms with Crippen molar-refractivity contribution in [2.75, 3.05) is 51.7 Å². The lowest BCUT2D eigenvalue weighted by molar-refractivity contribution is -0.116. The van der Waals surface area contributed by atoms with Crippen LogP contribution in [0.5, 0.6) is 11.5 Å². The number of thiophene rings is 1. The number of sulfone groups is 1. The number of amides is 3. The fourth-order valence-corrected chi connectivity index (χ4v) is 5.53. The van der Waals surface area contributed by atoms with Crippen LogP contribution in [0.3, 0.4) is 0 Å². The molecule has 1 unspecified atom stereocenters. The lowest BCUT2D eigenvalue weighted by Crippen LogP contribution is -2.38. The first-order chi connectivity index (χ1) is 16.0. The van der Waals surface area contributed by atoms with Crippen molar-refractivity contribution < 1.29 is 32.3 Å². The van der Waals surface area contributed by atoms with Gasteiger partial charge < -0.3 is 19.7 Å². The molecule has 3 rings (SSSR count). The number of rotatable bonds is 10. The highest BCUT2D eigenvalue weighted by atomic mass is 32.2. The van der Waals surface area contributed by atoms with E-state index in [0.717, 1.165) is 22.5 Å². The molecular formula is C22H27N3O7S2. The summed E-state index contributed by atoms with van der Waals surface area (Å²) >= 11 is 1.08. The highest BCUT2D eigenvalue weighted by Crippen LogP contribution is 2.41. The second-order valence-corrected chi connectivity index (χ2v) is 11.1. The van der Waals surface area contributed by atoms with Crippen molar-refractivity contribution in [2.45, 2.75) is 13.0 Å². The highest BCUT2D eigenvalue weighted by molar-refractivity contribution is 7.90. The van der Waals surface area contributed by atoms with Crippen molar-refractivity contribution in [2.24, 2.45) is 0 Å². The molecule has 0 saturated carbocycles. The van der Waals surface area contributed by atoms with Gasteiger partial charge in [-0.2, -0.15) is 0 Å². The maximum atomic E-state index is 13.4. The van der Waals surface area contributed by atoms with Crippen LogP contribution in [0, 0.1) is 0 Å². The minimum absolute atomic E-state index is 0.0687. The summed E-state index contributed by atoms with van der Waals surface area (Å²) in [4.78, 5) is 41.5. The fourth-order valence-electron chi connectivity index (χ4n) is 3.67. The molecule has 0 aliphatic carbocycles. The predicted molar refractivity (Wildman–Crippen MR) is 129 cm³/mol. The standard InChI is InChI=1S/C22H27N3O7S2/c1-6-32-17-9-13(7-8-16(17)31-4)15(12-34(5,29)30)25-21(27)14-11-33-20(19(14)22(25)28)23-18(26)10-24(2)3/h7-9,11,15H,6,10,12H2,1-5H3,(H,23,26). The number of methoxy groups -OCH3 is 1. The molecular weight excluding hydrogens is 482 g/mol. The van der Waals surface area contributed by atoms with Crippen molar-refractivity contribution in [3.8, 4) is 11.5 Å². The Morgan fingerprint density at radius 3 is 2.50 bits per heavy atom. The molecule has 0 fully saturated rings. The van der Waals surface area contributed by atoms with E-state index in [1.807, 2.05) is 0 Å². The maximum absolute atomic E-state index is 13.4. The maximum Gasteiger partial charge on any atom is 0.265 e. The minimum Gasteiger partial charge on any atom is -0.493 e. The summed E-state index contributed by atoms with van der Waals surface area (Å²) in [6.07, 6.45) is 1.04. The number of ether oxygens (including phenoxy) is 2. The highest BCUT2D eigenvalue weighted by Gasteiger charge is 2.44. The Labute approximate surface area is 202 Å². The van der Waals surface area contributed by atoms with E-state index in [9.17, 15) is 22.8 Å². The molecule has 2 aromatic rings. The first-order valence-corrected chi connectivity index (χ1v) is 13.3. The predicted octanol–water partition coefficient (Wildman–Crippen LogP) is 2.04. The first-order valence-electron chi connectivity index (χ1n) is 10.4. The second kappa shape index (κ2) is 10.1. The van der Waals surface area contributed by atoms with Crippen molar-refractivity contribution in [3.05, 3.63) is 40.3 Å². The van der Waals surface area contributed by atoms with Crippen LogP contribution in [-0.4, -0.2) is 82.3 Å². The van der Waals surface area contributed by atoms with Gasteiger partial charge >= 0.3 is 0 Å². The molecule has 0 spiro atoms. The van der Waals surface area contributed by atoms with E-state index < -0.39 is 33.4 Å². The zero-order valence-corrected chi connectivity index (χ0v) is 21.2. The third-order valence-electron chi connectivity index (χ3n) is 5.03. The van der Waals surface area contributed by atoms with Crippen LogP contribution in [0.2, 0.25) is 0 Å². The Balaban J connectivity index is 2.02. The van der Waals surface area contributed by atoms with Crippen LogP contribution in [0.15, 0.2) is 23.6 Å². The average molecular weight is 510 g/mol. The van der Waals surface area contributed by atoms with Gasteiger partial charge in [0.1, 0.15) is 14.8 Å². The largest absolute Gasteiger partial charge is 0.493 e. The van der Waals surface area contributed by atoms with Gasteiger partial charge in [-0.05, 0) is 38.7 Å². The molecule has 10 nitrogen and oxygen atoms in total. The van der Waals surface area contributed by atoms with E-state index in [4.69, 9.17) is 9.47 Å². The zero-order chi connectivity index (χ0) is 25.2. The van der Waals surface area contributed by atoms with Crippen molar-refractivity contribution >= 4 is 43.9 Å². The van der Waals surface area contributed by atoms with Crippen LogP contribution >= 0.6 is 11.3 Å². The molecule has 0 saturated heterocycles. The fraction of sp³-hybridized carbons (Fsp3) is 0.409. The van der Waals surface area contributed by atoms with E-state index >= 15 is 0 Å². The van der Waals surface area contributed by atoms with Gasteiger partial charge in [0.15, 0.2) is 11.5 Å².